The molecule has 0 unspecified atom stereocenters. The van der Waals surface area contributed by atoms with Crippen molar-refractivity contribution in [2.75, 3.05) is 25.1 Å². The Kier molecular flexibility index (Phi) is 5.99. The van der Waals surface area contributed by atoms with Crippen molar-refractivity contribution in [3.05, 3.63) is 58.7 Å². The zero-order chi connectivity index (χ0) is 21.3. The maximum absolute atomic E-state index is 13.4. The van der Waals surface area contributed by atoms with Gasteiger partial charge in [-0.15, -0.1) is 11.3 Å². The molecular weight excluding hydrogens is 447 g/mol. The number of anilines is 1. The number of benzene rings is 2. The summed E-state index contributed by atoms with van der Waals surface area (Å²) in [5.74, 6) is 0.136. The van der Waals surface area contributed by atoms with Crippen LogP contribution in [0.4, 0.5) is 9.52 Å². The number of rotatable bonds is 5. The minimum Gasteiger partial charge on any atom is -0.496 e. The maximum Gasteiger partial charge on any atom is 0.185 e. The van der Waals surface area contributed by atoms with Crippen LogP contribution in [0.3, 0.4) is 0 Å². The number of halogens is 2. The first-order valence-electron chi connectivity index (χ1n) is 9.43. The summed E-state index contributed by atoms with van der Waals surface area (Å²) < 4.78 is 44.7. The fraction of sp³-hybridized carbons (Fsp3) is 0.286. The number of nitrogens with zero attached hydrogens (tertiary/aromatic N) is 2. The van der Waals surface area contributed by atoms with Crippen LogP contribution in [0.1, 0.15) is 12.8 Å². The molecule has 0 amide bonds. The number of aromatic nitrogens is 1. The summed E-state index contributed by atoms with van der Waals surface area (Å²) in [6, 6.07) is 11.3. The van der Waals surface area contributed by atoms with Gasteiger partial charge in [0, 0.05) is 24.0 Å². The quantitative estimate of drug-likeness (QED) is 0.492. The smallest absolute Gasteiger partial charge is 0.185 e. The summed E-state index contributed by atoms with van der Waals surface area (Å²) in [6.45, 7) is 1.16. The Labute approximate surface area is 184 Å². The summed E-state index contributed by atoms with van der Waals surface area (Å²) in [6.07, 6.45) is 0.946. The molecule has 9 heteroatoms. The first-order chi connectivity index (χ1) is 14.4. The fourth-order valence-corrected chi connectivity index (χ4v) is 6.47. The number of sulfone groups is 1. The molecule has 3 aromatic rings. The molecule has 0 atom stereocenters. The van der Waals surface area contributed by atoms with E-state index in [1.807, 2.05) is 29.6 Å². The molecule has 0 bridgehead atoms. The Hall–Kier alpha value is -2.16. The molecule has 5 nitrogen and oxygen atoms in total. The van der Waals surface area contributed by atoms with Crippen molar-refractivity contribution in [2.45, 2.75) is 23.0 Å². The lowest BCUT2D eigenvalue weighted by atomic mass is 10.1. The molecule has 2 aromatic carbocycles. The third-order valence-electron chi connectivity index (χ3n) is 5.25. The van der Waals surface area contributed by atoms with Gasteiger partial charge in [-0.2, -0.15) is 0 Å². The van der Waals surface area contributed by atoms with Gasteiger partial charge in [0.25, 0.3) is 0 Å². The van der Waals surface area contributed by atoms with E-state index in [2.05, 4.69) is 4.90 Å². The summed E-state index contributed by atoms with van der Waals surface area (Å²) in [7, 11) is -1.93. The number of hydrogen-bond donors (Lipinski definition) is 0. The molecule has 0 aliphatic carbocycles. The largest absolute Gasteiger partial charge is 0.496 e. The molecule has 4 rings (SSSR count). The van der Waals surface area contributed by atoms with Gasteiger partial charge in [-0.3, -0.25) is 0 Å². The molecule has 1 fully saturated rings. The van der Waals surface area contributed by atoms with Crippen molar-refractivity contribution in [1.82, 2.24) is 4.98 Å². The molecule has 30 heavy (non-hydrogen) atoms. The second-order valence-electron chi connectivity index (χ2n) is 7.02. The second kappa shape index (κ2) is 8.53. The van der Waals surface area contributed by atoms with E-state index < -0.39 is 20.9 Å². The van der Waals surface area contributed by atoms with Crippen molar-refractivity contribution < 1.29 is 17.5 Å². The minimum atomic E-state index is -3.57. The van der Waals surface area contributed by atoms with Gasteiger partial charge < -0.3 is 9.64 Å². The summed E-state index contributed by atoms with van der Waals surface area (Å²) >= 11 is 7.30. The van der Waals surface area contributed by atoms with Crippen LogP contribution in [0.2, 0.25) is 5.02 Å². The Balaban J connectivity index is 1.47. The zero-order valence-corrected chi connectivity index (χ0v) is 18.6. The molecular formula is C21H20ClFN2O3S2. The fourth-order valence-electron chi connectivity index (χ4n) is 3.59. The third kappa shape index (κ3) is 4.04. The first-order valence-corrected chi connectivity index (χ1v) is 12.2. The number of ether oxygens (including phenoxy) is 1. The molecule has 0 N–H and O–H groups in total. The number of para-hydroxylation sites is 1. The zero-order valence-electron chi connectivity index (χ0n) is 16.2. The molecule has 0 radical (unpaired) electrons. The number of piperidine rings is 1. The van der Waals surface area contributed by atoms with Crippen molar-refractivity contribution in [1.29, 1.82) is 0 Å². The number of methoxy groups -OCH3 is 1. The van der Waals surface area contributed by atoms with E-state index in [0.717, 1.165) is 28.2 Å². The van der Waals surface area contributed by atoms with Crippen LogP contribution >= 0.6 is 22.9 Å². The van der Waals surface area contributed by atoms with Crippen LogP contribution in [0.15, 0.2) is 52.7 Å². The molecule has 0 spiro atoms. The first kappa shape index (κ1) is 21.1. The summed E-state index contributed by atoms with van der Waals surface area (Å²) in [4.78, 5) is 6.91. The average molecular weight is 467 g/mol. The van der Waals surface area contributed by atoms with Crippen LogP contribution in [0.5, 0.6) is 5.75 Å². The van der Waals surface area contributed by atoms with E-state index >= 15 is 0 Å². The highest BCUT2D eigenvalue weighted by Crippen LogP contribution is 2.35. The highest BCUT2D eigenvalue weighted by molar-refractivity contribution is 7.92. The van der Waals surface area contributed by atoms with Crippen molar-refractivity contribution in [2.24, 2.45) is 0 Å². The van der Waals surface area contributed by atoms with E-state index in [4.69, 9.17) is 21.3 Å². The van der Waals surface area contributed by atoms with E-state index in [0.29, 0.717) is 25.9 Å². The van der Waals surface area contributed by atoms with Gasteiger partial charge in [0.15, 0.2) is 15.0 Å². The summed E-state index contributed by atoms with van der Waals surface area (Å²) in [5, 5.41) is 2.14. The van der Waals surface area contributed by atoms with E-state index in [9.17, 15) is 12.8 Å². The molecule has 1 aromatic heterocycles. The van der Waals surface area contributed by atoms with Crippen LogP contribution in [0, 0.1) is 5.82 Å². The number of hydrogen-bond acceptors (Lipinski definition) is 6. The van der Waals surface area contributed by atoms with Crippen LogP contribution < -0.4 is 9.64 Å². The highest BCUT2D eigenvalue weighted by Gasteiger charge is 2.32. The molecule has 1 saturated heterocycles. The van der Waals surface area contributed by atoms with E-state index in [1.165, 1.54) is 23.5 Å². The molecule has 158 valence electrons. The van der Waals surface area contributed by atoms with Crippen molar-refractivity contribution in [3.63, 3.8) is 0 Å². The van der Waals surface area contributed by atoms with Gasteiger partial charge in [0.1, 0.15) is 11.6 Å². The molecule has 0 saturated carbocycles. The molecule has 1 aliphatic heterocycles. The predicted octanol–water partition coefficient (Wildman–Crippen LogP) is 5.05. The maximum atomic E-state index is 13.4. The third-order valence-corrected chi connectivity index (χ3v) is 8.70. The van der Waals surface area contributed by atoms with Gasteiger partial charge in [-0.1, -0.05) is 23.7 Å². The van der Waals surface area contributed by atoms with E-state index in [-0.39, 0.29) is 9.92 Å². The average Bonchev–Trinajstić information content (AvgIpc) is 3.25. The van der Waals surface area contributed by atoms with Crippen LogP contribution in [-0.2, 0) is 9.84 Å². The Morgan fingerprint density at radius 2 is 1.93 bits per heavy atom. The van der Waals surface area contributed by atoms with Crippen LogP contribution in [0.25, 0.3) is 11.3 Å². The molecule has 1 aliphatic rings. The lowest BCUT2D eigenvalue weighted by Crippen LogP contribution is -2.39. The van der Waals surface area contributed by atoms with Crippen molar-refractivity contribution in [3.8, 4) is 17.0 Å². The lowest BCUT2D eigenvalue weighted by molar-refractivity contribution is 0.416. The highest BCUT2D eigenvalue weighted by atomic mass is 35.5. The van der Waals surface area contributed by atoms with E-state index in [1.54, 1.807) is 7.11 Å². The lowest BCUT2D eigenvalue weighted by Gasteiger charge is -2.31. The Morgan fingerprint density at radius 1 is 1.20 bits per heavy atom. The van der Waals surface area contributed by atoms with Crippen molar-refractivity contribution >= 4 is 37.9 Å². The Bertz CT molecular complexity index is 1160. The van der Waals surface area contributed by atoms with Gasteiger partial charge in [0.2, 0.25) is 0 Å². The monoisotopic (exact) mass is 466 g/mol. The molecule has 2 heterocycles. The van der Waals surface area contributed by atoms with Gasteiger partial charge >= 0.3 is 0 Å². The topological polar surface area (TPSA) is 59.5 Å². The second-order valence-corrected chi connectivity index (χ2v) is 10.5. The standard InChI is InChI=1S/C21H20ClFN2O3S2/c1-28-20-5-3-2-4-16(20)19-13-29-21(24-19)25-10-8-14(9-11-25)30(26,27)15-6-7-18(23)17(22)12-15/h2-7,12-14H,8-11H2,1H3. The predicted molar refractivity (Wildman–Crippen MR) is 118 cm³/mol. The SMILES string of the molecule is COc1ccccc1-c1csc(N2CCC(S(=O)(=O)c3ccc(F)c(Cl)c3)CC2)n1. The Morgan fingerprint density at radius 3 is 2.63 bits per heavy atom. The normalized spacial score (nSPS) is 15.4. The van der Waals surface area contributed by atoms with Gasteiger partial charge in [0.05, 0.1) is 28.0 Å². The summed E-state index contributed by atoms with van der Waals surface area (Å²) in [5.41, 5.74) is 1.76. The minimum absolute atomic E-state index is 0.0695. The van der Waals surface area contributed by atoms with Crippen LogP contribution in [-0.4, -0.2) is 38.9 Å². The van der Waals surface area contributed by atoms with Gasteiger partial charge in [-0.05, 0) is 43.2 Å². The van der Waals surface area contributed by atoms with Gasteiger partial charge in [-0.25, -0.2) is 17.8 Å². The number of thiazole rings is 1.